The molecular formula is C20H23N3O4. The molecule has 1 aromatic heterocycles. The lowest BCUT2D eigenvalue weighted by Gasteiger charge is -2.32. The second-order valence-corrected chi connectivity index (χ2v) is 6.77. The van der Waals surface area contributed by atoms with Crippen molar-refractivity contribution in [3.63, 3.8) is 0 Å². The Morgan fingerprint density at radius 3 is 2.41 bits per heavy atom. The number of aryl methyl sites for hydroxylation is 2. The van der Waals surface area contributed by atoms with Gasteiger partial charge in [-0.25, -0.2) is 4.79 Å². The summed E-state index contributed by atoms with van der Waals surface area (Å²) in [5, 5.41) is 2.80. The van der Waals surface area contributed by atoms with Crippen molar-refractivity contribution in [1.29, 1.82) is 0 Å². The molecule has 1 aliphatic heterocycles. The molecule has 0 saturated carbocycles. The van der Waals surface area contributed by atoms with E-state index in [1.807, 2.05) is 7.05 Å². The van der Waals surface area contributed by atoms with Crippen molar-refractivity contribution < 1.29 is 14.0 Å². The zero-order chi connectivity index (χ0) is 19.6. The van der Waals surface area contributed by atoms with Crippen molar-refractivity contribution in [3.05, 3.63) is 63.2 Å². The summed E-state index contributed by atoms with van der Waals surface area (Å²) < 4.78 is 5.03. The zero-order valence-corrected chi connectivity index (χ0v) is 15.7. The maximum Gasteiger partial charge on any atom is 0.336 e. The van der Waals surface area contributed by atoms with Gasteiger partial charge in [-0.3, -0.25) is 9.59 Å². The van der Waals surface area contributed by atoms with Crippen LogP contribution in [-0.4, -0.2) is 54.8 Å². The average molecular weight is 369 g/mol. The van der Waals surface area contributed by atoms with Crippen LogP contribution < -0.4 is 10.9 Å². The first kappa shape index (κ1) is 18.8. The third-order valence-electron chi connectivity index (χ3n) is 4.76. The lowest BCUT2D eigenvalue weighted by atomic mass is 10.1. The van der Waals surface area contributed by atoms with Gasteiger partial charge in [-0.2, -0.15) is 0 Å². The molecule has 0 bridgehead atoms. The normalized spacial score (nSPS) is 14.9. The van der Waals surface area contributed by atoms with Gasteiger partial charge in [0.2, 0.25) is 0 Å². The Labute approximate surface area is 157 Å². The minimum atomic E-state index is -0.493. The number of nitrogens with one attached hydrogen (secondary N) is 1. The van der Waals surface area contributed by atoms with Crippen LogP contribution in [-0.2, 0) is 0 Å². The quantitative estimate of drug-likeness (QED) is 0.893. The van der Waals surface area contributed by atoms with Crippen LogP contribution in [0.25, 0.3) is 0 Å². The average Bonchev–Trinajstić information content (AvgIpc) is 2.61. The van der Waals surface area contributed by atoms with Crippen molar-refractivity contribution >= 4 is 17.5 Å². The highest BCUT2D eigenvalue weighted by Crippen LogP contribution is 2.20. The highest BCUT2D eigenvalue weighted by molar-refractivity contribution is 6.09. The Morgan fingerprint density at radius 1 is 1.07 bits per heavy atom. The molecule has 7 nitrogen and oxygen atoms in total. The molecule has 1 N–H and O–H groups in total. The molecule has 7 heteroatoms. The fourth-order valence-corrected chi connectivity index (χ4v) is 3.24. The van der Waals surface area contributed by atoms with Crippen molar-refractivity contribution in [2.75, 3.05) is 38.5 Å². The number of amides is 2. The topological polar surface area (TPSA) is 82.9 Å². The molecule has 2 aromatic rings. The molecular weight excluding hydrogens is 346 g/mol. The summed E-state index contributed by atoms with van der Waals surface area (Å²) in [6.07, 6.45) is 0. The summed E-state index contributed by atoms with van der Waals surface area (Å²) in [6, 6.07) is 8.23. The van der Waals surface area contributed by atoms with Crippen LogP contribution in [0.1, 0.15) is 32.0 Å². The molecule has 0 spiro atoms. The number of anilines is 1. The number of likely N-dealkylation sites (N-methyl/N-ethyl adjacent to an activating group) is 1. The van der Waals surface area contributed by atoms with E-state index >= 15 is 0 Å². The Kier molecular flexibility index (Phi) is 5.41. The molecule has 0 aliphatic carbocycles. The van der Waals surface area contributed by atoms with E-state index in [1.54, 1.807) is 43.0 Å². The number of hydrogen-bond acceptors (Lipinski definition) is 5. The Bertz CT molecular complexity index is 901. The second kappa shape index (κ2) is 7.75. The number of para-hydroxylation sites is 1. The van der Waals surface area contributed by atoms with Gasteiger partial charge in [-0.15, -0.1) is 0 Å². The summed E-state index contributed by atoms with van der Waals surface area (Å²) in [7, 11) is 2.03. The molecule has 3 rings (SSSR count). The fourth-order valence-electron chi connectivity index (χ4n) is 3.24. The van der Waals surface area contributed by atoms with Gasteiger partial charge in [0.05, 0.1) is 16.8 Å². The molecule has 27 heavy (non-hydrogen) atoms. The van der Waals surface area contributed by atoms with Crippen LogP contribution in [0.4, 0.5) is 5.69 Å². The van der Waals surface area contributed by atoms with Gasteiger partial charge in [0.25, 0.3) is 11.8 Å². The SMILES string of the molecule is Cc1cc(=O)oc(C)c1C(=O)Nc1ccccc1C(=O)N1CCN(C)CC1. The van der Waals surface area contributed by atoms with Crippen LogP contribution in [0.3, 0.4) is 0 Å². The standard InChI is InChI=1S/C20H23N3O4/c1-13-12-17(24)27-14(2)18(13)19(25)21-16-7-5-4-6-15(16)20(26)23-10-8-22(3)9-11-23/h4-7,12H,8-11H2,1-3H3,(H,21,25). The summed E-state index contributed by atoms with van der Waals surface area (Å²) in [5.41, 5.74) is 1.23. The van der Waals surface area contributed by atoms with Crippen molar-refractivity contribution in [3.8, 4) is 0 Å². The van der Waals surface area contributed by atoms with Crippen molar-refractivity contribution in [2.24, 2.45) is 0 Å². The first-order chi connectivity index (χ1) is 12.9. The Morgan fingerprint density at radius 2 is 1.74 bits per heavy atom. The predicted molar refractivity (Wildman–Crippen MR) is 102 cm³/mol. The van der Waals surface area contributed by atoms with Gasteiger partial charge < -0.3 is 19.5 Å². The van der Waals surface area contributed by atoms with E-state index in [-0.39, 0.29) is 11.7 Å². The first-order valence-electron chi connectivity index (χ1n) is 8.86. The molecule has 0 unspecified atom stereocenters. The minimum absolute atomic E-state index is 0.105. The third kappa shape index (κ3) is 4.09. The van der Waals surface area contributed by atoms with Crippen molar-refractivity contribution in [1.82, 2.24) is 9.80 Å². The van der Waals surface area contributed by atoms with Crippen LogP contribution in [0, 0.1) is 13.8 Å². The van der Waals surface area contributed by atoms with Crippen LogP contribution >= 0.6 is 0 Å². The number of nitrogens with zero attached hydrogens (tertiary/aromatic N) is 2. The molecule has 1 aliphatic rings. The fraction of sp³-hybridized carbons (Fsp3) is 0.350. The summed E-state index contributed by atoms with van der Waals surface area (Å²) in [5.74, 6) is -0.264. The Balaban J connectivity index is 1.85. The monoisotopic (exact) mass is 369 g/mol. The number of hydrogen-bond donors (Lipinski definition) is 1. The van der Waals surface area contributed by atoms with Crippen LogP contribution in [0.15, 0.2) is 39.5 Å². The lowest BCUT2D eigenvalue weighted by Crippen LogP contribution is -2.47. The molecule has 142 valence electrons. The van der Waals surface area contributed by atoms with Gasteiger partial charge >= 0.3 is 5.63 Å². The molecule has 2 heterocycles. The third-order valence-corrected chi connectivity index (χ3v) is 4.76. The second-order valence-electron chi connectivity index (χ2n) is 6.77. The number of piperazine rings is 1. The molecule has 1 saturated heterocycles. The smallest absolute Gasteiger partial charge is 0.336 e. The maximum absolute atomic E-state index is 12.9. The lowest BCUT2D eigenvalue weighted by molar-refractivity contribution is 0.0665. The number of benzene rings is 1. The van der Waals surface area contributed by atoms with Gasteiger partial charge in [-0.1, -0.05) is 12.1 Å². The van der Waals surface area contributed by atoms with Gasteiger partial charge in [0.15, 0.2) is 0 Å². The molecule has 1 aromatic carbocycles. The maximum atomic E-state index is 12.9. The zero-order valence-electron chi connectivity index (χ0n) is 15.7. The molecule has 0 radical (unpaired) electrons. The predicted octanol–water partition coefficient (Wildman–Crippen LogP) is 1.90. The minimum Gasteiger partial charge on any atom is -0.427 e. The highest BCUT2D eigenvalue weighted by atomic mass is 16.4. The first-order valence-corrected chi connectivity index (χ1v) is 8.86. The van der Waals surface area contributed by atoms with Crippen molar-refractivity contribution in [2.45, 2.75) is 13.8 Å². The molecule has 2 amide bonds. The number of rotatable bonds is 3. The summed E-state index contributed by atoms with van der Waals surface area (Å²) >= 11 is 0. The Hall–Kier alpha value is -2.93. The van der Waals surface area contributed by atoms with E-state index in [0.29, 0.717) is 35.5 Å². The molecule has 1 fully saturated rings. The number of carbonyl (C=O) groups excluding carboxylic acids is 2. The van der Waals surface area contributed by atoms with E-state index < -0.39 is 11.5 Å². The van der Waals surface area contributed by atoms with Gasteiger partial charge in [-0.05, 0) is 38.6 Å². The number of carbonyl (C=O) groups is 2. The molecule has 0 atom stereocenters. The van der Waals surface area contributed by atoms with Gasteiger partial charge in [0.1, 0.15) is 5.76 Å². The van der Waals surface area contributed by atoms with E-state index in [2.05, 4.69) is 10.2 Å². The van der Waals surface area contributed by atoms with Crippen LogP contribution in [0.5, 0.6) is 0 Å². The van der Waals surface area contributed by atoms with E-state index in [1.165, 1.54) is 6.07 Å². The summed E-state index contributed by atoms with van der Waals surface area (Å²) in [4.78, 5) is 41.1. The van der Waals surface area contributed by atoms with Crippen LogP contribution in [0.2, 0.25) is 0 Å². The van der Waals surface area contributed by atoms with Gasteiger partial charge in [0, 0.05) is 32.2 Å². The summed E-state index contributed by atoms with van der Waals surface area (Å²) in [6.45, 7) is 6.20. The highest BCUT2D eigenvalue weighted by Gasteiger charge is 2.24. The van der Waals surface area contributed by atoms with E-state index in [4.69, 9.17) is 4.42 Å². The van der Waals surface area contributed by atoms with E-state index in [0.717, 1.165) is 13.1 Å². The van der Waals surface area contributed by atoms with E-state index in [9.17, 15) is 14.4 Å². The largest absolute Gasteiger partial charge is 0.427 e.